The van der Waals surface area contributed by atoms with Gasteiger partial charge in [0, 0.05) is 31.3 Å². The van der Waals surface area contributed by atoms with Gasteiger partial charge in [0.15, 0.2) is 0 Å². The number of carbonyl (C=O) groups is 1. The lowest BCUT2D eigenvalue weighted by Gasteiger charge is -2.50. The van der Waals surface area contributed by atoms with Crippen LogP contribution < -0.4 is 10.6 Å². The molecule has 1 aromatic carbocycles. The number of aromatic nitrogens is 2. The lowest BCUT2D eigenvalue weighted by Crippen LogP contribution is -2.66. The highest BCUT2D eigenvalue weighted by molar-refractivity contribution is 7.99. The number of hydrogen-bond donors (Lipinski definition) is 0. The van der Waals surface area contributed by atoms with Gasteiger partial charge in [-0.25, -0.2) is 9.59 Å². The van der Waals surface area contributed by atoms with E-state index in [2.05, 4.69) is 4.98 Å². The molecule has 2 aromatic rings. The van der Waals surface area contributed by atoms with Crippen molar-refractivity contribution in [2.45, 2.75) is 55.6 Å². The van der Waals surface area contributed by atoms with Crippen LogP contribution in [0.2, 0.25) is 5.02 Å². The van der Waals surface area contributed by atoms with Crippen LogP contribution in [0.25, 0.3) is 10.9 Å². The molecule has 0 spiro atoms. The van der Waals surface area contributed by atoms with Gasteiger partial charge in [0.05, 0.1) is 58.9 Å². The summed E-state index contributed by atoms with van der Waals surface area (Å²) in [7, 11) is 1.50. The highest BCUT2D eigenvalue weighted by Gasteiger charge is 2.44. The average Bonchev–Trinajstić information content (AvgIpc) is 2.80. The number of nitrogens with zero attached hydrogens (tertiary/aromatic N) is 4. The second kappa shape index (κ2) is 9.76. The van der Waals surface area contributed by atoms with Crippen LogP contribution in [-0.2, 0) is 20.4 Å². The molecule has 2 unspecified atom stereocenters. The molecule has 3 atom stereocenters. The van der Waals surface area contributed by atoms with Gasteiger partial charge in [0.2, 0.25) is 0 Å². The molecule has 0 aliphatic carbocycles. The van der Waals surface area contributed by atoms with Crippen LogP contribution in [0.3, 0.4) is 0 Å². The van der Waals surface area contributed by atoms with Crippen LogP contribution in [0, 0.1) is 0 Å². The molecule has 3 aliphatic rings. The van der Waals surface area contributed by atoms with Crippen molar-refractivity contribution in [1.29, 1.82) is 0 Å². The first-order valence-corrected chi connectivity index (χ1v) is 13.5. The lowest BCUT2D eigenvalue weighted by molar-refractivity contribution is -0.137. The number of thioether (sulfide) groups is 1. The van der Waals surface area contributed by atoms with Crippen molar-refractivity contribution >= 4 is 46.2 Å². The molecule has 1 amide bonds. The number of anilines is 1. The molecule has 4 heterocycles. The molecule has 208 valence electrons. The van der Waals surface area contributed by atoms with E-state index in [1.165, 1.54) is 23.4 Å². The minimum absolute atomic E-state index is 0.130. The number of fused-ring (bicyclic) bond motifs is 2. The van der Waals surface area contributed by atoms with Gasteiger partial charge in [-0.05, 0) is 26.8 Å². The molecule has 2 bridgehead atoms. The SMILES string of the molecule is COC[C@H]1CSc2c(Cl)c(C(F)(F)F)cc3c(N4C5COCC4CN(C(=O)OC(C)(C)C)C5)nc(=O)n1c23. The summed E-state index contributed by atoms with van der Waals surface area (Å²) in [4.78, 5) is 34.1. The zero-order chi connectivity index (χ0) is 27.6. The Morgan fingerprint density at radius 1 is 1.24 bits per heavy atom. The fourth-order valence-corrected chi connectivity index (χ4v) is 6.86. The van der Waals surface area contributed by atoms with E-state index in [0.29, 0.717) is 11.3 Å². The highest BCUT2D eigenvalue weighted by Crippen LogP contribution is 2.48. The van der Waals surface area contributed by atoms with E-state index in [1.807, 2.05) is 4.90 Å². The van der Waals surface area contributed by atoms with Crippen molar-refractivity contribution in [3.05, 3.63) is 27.1 Å². The molecular weight excluding hydrogens is 549 g/mol. The van der Waals surface area contributed by atoms with E-state index in [9.17, 15) is 22.8 Å². The summed E-state index contributed by atoms with van der Waals surface area (Å²) in [6.07, 6.45) is -5.19. The van der Waals surface area contributed by atoms with Crippen LogP contribution >= 0.6 is 23.4 Å². The van der Waals surface area contributed by atoms with Gasteiger partial charge in [0.25, 0.3) is 0 Å². The first-order chi connectivity index (χ1) is 17.8. The third-order valence-corrected chi connectivity index (χ3v) is 8.44. The van der Waals surface area contributed by atoms with Gasteiger partial charge < -0.3 is 24.0 Å². The summed E-state index contributed by atoms with van der Waals surface area (Å²) < 4.78 is 60.2. The maximum absolute atomic E-state index is 14.1. The Kier molecular flexibility index (Phi) is 7.02. The second-order valence-corrected chi connectivity index (χ2v) is 12.0. The molecule has 5 rings (SSSR count). The average molecular weight is 577 g/mol. The smallest absolute Gasteiger partial charge is 0.417 e. The molecule has 0 N–H and O–H groups in total. The molecule has 0 radical (unpaired) electrons. The maximum atomic E-state index is 14.1. The molecule has 2 fully saturated rings. The molecule has 14 heteroatoms. The minimum atomic E-state index is -4.71. The number of methoxy groups -OCH3 is 1. The van der Waals surface area contributed by atoms with E-state index in [-0.39, 0.29) is 49.0 Å². The van der Waals surface area contributed by atoms with Gasteiger partial charge in [-0.1, -0.05) is 11.6 Å². The number of amides is 1. The number of halogens is 4. The summed E-state index contributed by atoms with van der Waals surface area (Å²) >= 11 is 7.47. The zero-order valence-electron chi connectivity index (χ0n) is 21.3. The van der Waals surface area contributed by atoms with E-state index in [4.69, 9.17) is 25.8 Å². The zero-order valence-corrected chi connectivity index (χ0v) is 22.9. The summed E-state index contributed by atoms with van der Waals surface area (Å²) in [5.41, 5.74) is -1.96. The fraction of sp³-hybridized carbons (Fsp3) is 0.625. The summed E-state index contributed by atoms with van der Waals surface area (Å²) in [6, 6.07) is -0.334. The minimum Gasteiger partial charge on any atom is -0.444 e. The number of hydrogen-bond acceptors (Lipinski definition) is 8. The molecule has 2 saturated heterocycles. The largest absolute Gasteiger partial charge is 0.444 e. The normalized spacial score (nSPS) is 23.6. The monoisotopic (exact) mass is 576 g/mol. The predicted molar refractivity (Wildman–Crippen MR) is 136 cm³/mol. The number of benzene rings is 1. The van der Waals surface area contributed by atoms with Gasteiger partial charge in [0.1, 0.15) is 11.4 Å². The van der Waals surface area contributed by atoms with Crippen molar-refractivity contribution in [3.8, 4) is 0 Å². The van der Waals surface area contributed by atoms with E-state index < -0.39 is 52.3 Å². The summed E-state index contributed by atoms with van der Waals surface area (Å²) in [5, 5.41) is -0.262. The molecule has 0 saturated carbocycles. The standard InChI is InChI=1S/C24H28ClF3N4O5S/c1-23(2,3)37-22(34)30-6-12-9-36-10-13(7-30)31(12)20-15-5-16(24(26,27)28)17(25)19-18(15)32(21(33)29-20)14(8-35-4)11-38-19/h5,12-14H,6-11H2,1-4H3/t12?,13?,14-/m0/s1. The Bertz CT molecular complexity index is 1320. The van der Waals surface area contributed by atoms with Crippen LogP contribution in [0.5, 0.6) is 0 Å². The lowest BCUT2D eigenvalue weighted by atomic mass is 10.0. The Morgan fingerprint density at radius 3 is 2.47 bits per heavy atom. The summed E-state index contributed by atoms with van der Waals surface area (Å²) in [6.45, 7) is 6.32. The Balaban J connectivity index is 1.66. The maximum Gasteiger partial charge on any atom is 0.417 e. The van der Waals surface area contributed by atoms with E-state index in [1.54, 1.807) is 25.7 Å². The number of alkyl halides is 3. The van der Waals surface area contributed by atoms with Gasteiger partial charge in [-0.2, -0.15) is 18.2 Å². The van der Waals surface area contributed by atoms with Crippen molar-refractivity contribution < 1.29 is 32.2 Å². The molecule has 1 aromatic heterocycles. The number of piperazine rings is 1. The fourth-order valence-electron chi connectivity index (χ4n) is 5.26. The Morgan fingerprint density at radius 2 is 1.89 bits per heavy atom. The first-order valence-electron chi connectivity index (χ1n) is 12.1. The van der Waals surface area contributed by atoms with E-state index >= 15 is 0 Å². The van der Waals surface area contributed by atoms with Gasteiger partial charge in [-0.15, -0.1) is 11.8 Å². The topological polar surface area (TPSA) is 86.1 Å². The predicted octanol–water partition coefficient (Wildman–Crippen LogP) is 4.19. The molecule has 38 heavy (non-hydrogen) atoms. The second-order valence-electron chi connectivity index (χ2n) is 10.6. The van der Waals surface area contributed by atoms with Gasteiger partial charge >= 0.3 is 18.0 Å². The van der Waals surface area contributed by atoms with Crippen molar-refractivity contribution in [1.82, 2.24) is 14.5 Å². The van der Waals surface area contributed by atoms with Crippen molar-refractivity contribution in [3.63, 3.8) is 0 Å². The third kappa shape index (κ3) is 4.82. The van der Waals surface area contributed by atoms with Crippen LogP contribution in [-0.4, -0.2) is 84.0 Å². The first kappa shape index (κ1) is 27.4. The van der Waals surface area contributed by atoms with Crippen LogP contribution in [0.4, 0.5) is 23.8 Å². The number of morpholine rings is 1. The Hall–Kier alpha value is -2.22. The van der Waals surface area contributed by atoms with Crippen molar-refractivity contribution in [2.75, 3.05) is 50.7 Å². The molecule has 9 nitrogen and oxygen atoms in total. The van der Waals surface area contributed by atoms with Gasteiger partial charge in [-0.3, -0.25) is 4.57 Å². The Labute approximate surface area is 226 Å². The quantitative estimate of drug-likeness (QED) is 0.538. The molecule has 3 aliphatic heterocycles. The van der Waals surface area contributed by atoms with Crippen LogP contribution in [0.15, 0.2) is 15.8 Å². The number of rotatable bonds is 3. The number of ether oxygens (including phenoxy) is 3. The highest BCUT2D eigenvalue weighted by atomic mass is 35.5. The van der Waals surface area contributed by atoms with E-state index in [0.717, 1.165) is 6.07 Å². The molecular formula is C24H28ClF3N4O5S. The number of carbonyl (C=O) groups excluding carboxylic acids is 1. The van der Waals surface area contributed by atoms with Crippen LogP contribution in [0.1, 0.15) is 32.4 Å². The third-order valence-electron chi connectivity index (χ3n) is 6.70. The van der Waals surface area contributed by atoms with Crippen molar-refractivity contribution in [2.24, 2.45) is 0 Å². The summed E-state index contributed by atoms with van der Waals surface area (Å²) in [5.74, 6) is 0.441.